The highest BCUT2D eigenvalue weighted by atomic mass is 19.4. The number of halogens is 3. The number of aliphatic hydroxyl groups excluding tert-OH is 1. The molecule has 0 saturated carbocycles. The van der Waals surface area contributed by atoms with Crippen LogP contribution >= 0.6 is 0 Å². The Morgan fingerprint density at radius 2 is 1.65 bits per heavy atom. The Bertz CT molecular complexity index is 341. The fraction of sp³-hybridized carbons (Fsp3) is 0.538. The summed E-state index contributed by atoms with van der Waals surface area (Å²) in [6.07, 6.45) is -6.78. The molecule has 1 nitrogen and oxygen atoms in total. The maximum absolute atomic E-state index is 12.0. The number of rotatable bonds is 4. The third-order valence-electron chi connectivity index (χ3n) is 2.58. The zero-order valence-electron chi connectivity index (χ0n) is 9.96. The van der Waals surface area contributed by atoms with Gasteiger partial charge < -0.3 is 5.11 Å². The lowest BCUT2D eigenvalue weighted by atomic mass is 9.99. The lowest BCUT2D eigenvalue weighted by molar-refractivity contribution is -0.153. The number of benzene rings is 1. The standard InChI is InChI=1S/C13H17F3O/c1-9(2)11-5-3-10(4-6-11)7-12(17)8-13(14,15)16/h3-6,9,12,17H,7-8H2,1-2H3. The van der Waals surface area contributed by atoms with Crippen LogP contribution in [0.1, 0.15) is 37.3 Å². The summed E-state index contributed by atoms with van der Waals surface area (Å²) < 4.78 is 36.1. The van der Waals surface area contributed by atoms with Gasteiger partial charge in [0.05, 0.1) is 12.5 Å². The van der Waals surface area contributed by atoms with Crippen LogP contribution < -0.4 is 0 Å². The van der Waals surface area contributed by atoms with Gasteiger partial charge in [-0.1, -0.05) is 38.1 Å². The predicted molar refractivity (Wildman–Crippen MR) is 60.9 cm³/mol. The van der Waals surface area contributed by atoms with Crippen molar-refractivity contribution in [1.82, 2.24) is 0 Å². The molecule has 0 spiro atoms. The smallest absolute Gasteiger partial charge is 0.391 e. The van der Waals surface area contributed by atoms with E-state index in [1.165, 1.54) is 0 Å². The van der Waals surface area contributed by atoms with Gasteiger partial charge in [-0.05, 0) is 23.5 Å². The van der Waals surface area contributed by atoms with Crippen molar-refractivity contribution in [2.24, 2.45) is 0 Å². The highest BCUT2D eigenvalue weighted by molar-refractivity contribution is 5.25. The molecule has 0 radical (unpaired) electrons. The minimum absolute atomic E-state index is 0.0396. The van der Waals surface area contributed by atoms with E-state index in [9.17, 15) is 18.3 Å². The third kappa shape index (κ3) is 5.22. The van der Waals surface area contributed by atoms with Gasteiger partial charge in [0, 0.05) is 0 Å². The molecule has 0 fully saturated rings. The SMILES string of the molecule is CC(C)c1ccc(CC(O)CC(F)(F)F)cc1. The Labute approximate surface area is 99.3 Å². The molecular weight excluding hydrogens is 229 g/mol. The quantitative estimate of drug-likeness (QED) is 0.859. The summed E-state index contributed by atoms with van der Waals surface area (Å²) in [6, 6.07) is 7.32. The van der Waals surface area contributed by atoms with Gasteiger partial charge in [-0.3, -0.25) is 0 Å². The molecule has 0 saturated heterocycles. The van der Waals surface area contributed by atoms with Crippen LogP contribution in [0.5, 0.6) is 0 Å². The molecular formula is C13H17F3O. The van der Waals surface area contributed by atoms with Gasteiger partial charge in [-0.2, -0.15) is 13.2 Å². The zero-order valence-corrected chi connectivity index (χ0v) is 9.96. The molecule has 0 bridgehead atoms. The third-order valence-corrected chi connectivity index (χ3v) is 2.58. The maximum Gasteiger partial charge on any atom is 0.391 e. The van der Waals surface area contributed by atoms with E-state index < -0.39 is 18.7 Å². The van der Waals surface area contributed by atoms with E-state index in [0.29, 0.717) is 5.92 Å². The molecule has 1 N–H and O–H groups in total. The Hall–Kier alpha value is -1.03. The lowest BCUT2D eigenvalue weighted by Gasteiger charge is -2.13. The molecule has 1 atom stereocenters. The molecule has 0 aliphatic heterocycles. The first-order valence-electron chi connectivity index (χ1n) is 5.61. The highest BCUT2D eigenvalue weighted by Crippen LogP contribution is 2.23. The summed E-state index contributed by atoms with van der Waals surface area (Å²) in [4.78, 5) is 0. The Balaban J connectivity index is 2.57. The largest absolute Gasteiger partial charge is 0.392 e. The number of alkyl halides is 3. The van der Waals surface area contributed by atoms with Gasteiger partial charge >= 0.3 is 6.18 Å². The zero-order chi connectivity index (χ0) is 13.1. The van der Waals surface area contributed by atoms with Gasteiger partial charge in [-0.25, -0.2) is 0 Å². The van der Waals surface area contributed by atoms with Gasteiger partial charge in [0.15, 0.2) is 0 Å². The van der Waals surface area contributed by atoms with Crippen molar-refractivity contribution >= 4 is 0 Å². The first-order chi connectivity index (χ1) is 7.78. The van der Waals surface area contributed by atoms with Crippen LogP contribution in [0.3, 0.4) is 0 Å². The normalized spacial score (nSPS) is 14.1. The first kappa shape index (κ1) is 14.0. The Kier molecular flexibility index (Phi) is 4.57. The number of aliphatic hydroxyl groups is 1. The summed E-state index contributed by atoms with van der Waals surface area (Å²) in [5, 5.41) is 9.30. The van der Waals surface area contributed by atoms with E-state index in [2.05, 4.69) is 0 Å². The second kappa shape index (κ2) is 5.54. The van der Waals surface area contributed by atoms with Crippen molar-refractivity contribution in [3.05, 3.63) is 35.4 Å². The van der Waals surface area contributed by atoms with Gasteiger partial charge in [-0.15, -0.1) is 0 Å². The van der Waals surface area contributed by atoms with Crippen molar-refractivity contribution in [1.29, 1.82) is 0 Å². The van der Waals surface area contributed by atoms with Gasteiger partial charge in [0.2, 0.25) is 0 Å². The molecule has 0 aliphatic carbocycles. The summed E-state index contributed by atoms with van der Waals surface area (Å²) in [5.41, 5.74) is 1.87. The second-order valence-electron chi connectivity index (χ2n) is 4.57. The summed E-state index contributed by atoms with van der Waals surface area (Å²) in [7, 11) is 0. The average Bonchev–Trinajstić information content (AvgIpc) is 2.15. The Morgan fingerprint density at radius 1 is 1.12 bits per heavy atom. The molecule has 0 heterocycles. The molecule has 0 amide bonds. The maximum atomic E-state index is 12.0. The topological polar surface area (TPSA) is 20.2 Å². The van der Waals surface area contributed by atoms with E-state index in [-0.39, 0.29) is 6.42 Å². The molecule has 1 rings (SSSR count). The second-order valence-corrected chi connectivity index (χ2v) is 4.57. The van der Waals surface area contributed by atoms with Crippen molar-refractivity contribution < 1.29 is 18.3 Å². The van der Waals surface area contributed by atoms with Crippen LogP contribution in [0.2, 0.25) is 0 Å². The molecule has 17 heavy (non-hydrogen) atoms. The predicted octanol–water partition coefficient (Wildman–Crippen LogP) is 3.67. The van der Waals surface area contributed by atoms with Gasteiger partial charge in [0.1, 0.15) is 0 Å². The molecule has 0 aromatic heterocycles. The van der Waals surface area contributed by atoms with Crippen LogP contribution in [0, 0.1) is 0 Å². The molecule has 1 unspecified atom stereocenters. The number of hydrogen-bond acceptors (Lipinski definition) is 1. The molecule has 1 aromatic carbocycles. The van der Waals surface area contributed by atoms with Crippen LogP contribution in [-0.4, -0.2) is 17.4 Å². The summed E-state index contributed by atoms with van der Waals surface area (Å²) in [6.45, 7) is 4.10. The Morgan fingerprint density at radius 3 is 2.06 bits per heavy atom. The highest BCUT2D eigenvalue weighted by Gasteiger charge is 2.30. The molecule has 4 heteroatoms. The van der Waals surface area contributed by atoms with Crippen molar-refractivity contribution in [3.8, 4) is 0 Å². The van der Waals surface area contributed by atoms with E-state index >= 15 is 0 Å². The van der Waals surface area contributed by atoms with E-state index in [4.69, 9.17) is 0 Å². The molecule has 0 aliphatic rings. The van der Waals surface area contributed by atoms with Crippen LogP contribution in [0.25, 0.3) is 0 Å². The van der Waals surface area contributed by atoms with Crippen LogP contribution in [-0.2, 0) is 6.42 Å². The number of hydrogen-bond donors (Lipinski definition) is 1. The first-order valence-corrected chi connectivity index (χ1v) is 5.61. The van der Waals surface area contributed by atoms with Crippen molar-refractivity contribution in [2.45, 2.75) is 44.9 Å². The van der Waals surface area contributed by atoms with Crippen molar-refractivity contribution in [3.63, 3.8) is 0 Å². The minimum Gasteiger partial charge on any atom is -0.392 e. The fourth-order valence-corrected chi connectivity index (χ4v) is 1.65. The summed E-state index contributed by atoms with van der Waals surface area (Å²) in [5.74, 6) is 0.393. The van der Waals surface area contributed by atoms with Crippen LogP contribution in [0.15, 0.2) is 24.3 Å². The van der Waals surface area contributed by atoms with E-state index in [1.54, 1.807) is 12.1 Å². The van der Waals surface area contributed by atoms with E-state index in [0.717, 1.165) is 11.1 Å². The fourth-order valence-electron chi connectivity index (χ4n) is 1.65. The minimum atomic E-state index is -4.31. The summed E-state index contributed by atoms with van der Waals surface area (Å²) >= 11 is 0. The average molecular weight is 246 g/mol. The van der Waals surface area contributed by atoms with Crippen molar-refractivity contribution in [2.75, 3.05) is 0 Å². The lowest BCUT2D eigenvalue weighted by Crippen LogP contribution is -2.21. The van der Waals surface area contributed by atoms with E-state index in [1.807, 2.05) is 26.0 Å². The van der Waals surface area contributed by atoms with Crippen LogP contribution in [0.4, 0.5) is 13.2 Å². The molecule has 1 aromatic rings. The monoisotopic (exact) mass is 246 g/mol. The van der Waals surface area contributed by atoms with Gasteiger partial charge in [0.25, 0.3) is 0 Å². The molecule has 96 valence electrons.